The first-order valence-electron chi connectivity index (χ1n) is 10.5. The molecule has 13 heteroatoms. The number of benzene rings is 1. The number of anilines is 2. The number of carbonyl (C=O) groups excluding carboxylic acids is 1. The van der Waals surface area contributed by atoms with Crippen LogP contribution in [0.4, 0.5) is 42.6 Å². The Kier molecular flexibility index (Phi) is 6.32. The molecule has 0 radical (unpaired) electrons. The van der Waals surface area contributed by atoms with Gasteiger partial charge in [0, 0.05) is 37.3 Å². The highest BCUT2D eigenvalue weighted by molar-refractivity contribution is 5.90. The summed E-state index contributed by atoms with van der Waals surface area (Å²) in [5, 5.41) is 2.19. The van der Waals surface area contributed by atoms with Crippen LogP contribution < -0.4 is 10.2 Å². The Morgan fingerprint density at radius 2 is 1.59 bits per heavy atom. The lowest BCUT2D eigenvalue weighted by atomic mass is 10.1. The Morgan fingerprint density at radius 1 is 0.971 bits per heavy atom. The summed E-state index contributed by atoms with van der Waals surface area (Å²) in [7, 11) is 0. The predicted molar refractivity (Wildman–Crippen MR) is 109 cm³/mol. The monoisotopic (exact) mass is 489 g/mol. The van der Waals surface area contributed by atoms with Crippen molar-refractivity contribution >= 4 is 17.5 Å². The summed E-state index contributed by atoms with van der Waals surface area (Å²) < 4.78 is 84.1. The van der Waals surface area contributed by atoms with Crippen molar-refractivity contribution in [2.75, 3.05) is 43.1 Å². The number of nitrogens with zero attached hydrogens (tertiary/aromatic N) is 4. The van der Waals surface area contributed by atoms with Gasteiger partial charge < -0.3 is 19.9 Å². The van der Waals surface area contributed by atoms with E-state index in [2.05, 4.69) is 15.3 Å². The number of fused-ring (bicyclic) bond motifs is 1. The standard InChI is InChI=1S/C21H21F6N5O2/c1-12-28-17-2-3-32(11-16(17)18(29-12)31-4-6-34-7-5-31)19(33)30-15-9-13(20(22,23)24)8-14(10-15)21(25,26)27/h8-10H,2-7,11H2,1H3,(H,30,33). The van der Waals surface area contributed by atoms with E-state index in [1.165, 1.54) is 4.90 Å². The summed E-state index contributed by atoms with van der Waals surface area (Å²) in [5.74, 6) is 1.23. The fourth-order valence-corrected chi connectivity index (χ4v) is 3.96. The van der Waals surface area contributed by atoms with Gasteiger partial charge in [-0.2, -0.15) is 26.3 Å². The lowest BCUT2D eigenvalue weighted by molar-refractivity contribution is -0.143. The molecular formula is C21H21F6N5O2. The number of halogens is 6. The van der Waals surface area contributed by atoms with E-state index in [1.807, 2.05) is 4.90 Å². The van der Waals surface area contributed by atoms with Gasteiger partial charge in [0.1, 0.15) is 11.6 Å². The molecule has 34 heavy (non-hydrogen) atoms. The minimum absolute atomic E-state index is 0.0150. The molecule has 0 unspecified atom stereocenters. The molecule has 2 aliphatic heterocycles. The van der Waals surface area contributed by atoms with Gasteiger partial charge in [-0.1, -0.05) is 0 Å². The van der Waals surface area contributed by atoms with Crippen molar-refractivity contribution in [3.05, 3.63) is 46.4 Å². The molecule has 7 nitrogen and oxygen atoms in total. The van der Waals surface area contributed by atoms with Crippen molar-refractivity contribution in [2.45, 2.75) is 32.2 Å². The molecule has 1 N–H and O–H groups in total. The van der Waals surface area contributed by atoms with Crippen molar-refractivity contribution in [2.24, 2.45) is 0 Å². The summed E-state index contributed by atoms with van der Waals surface area (Å²) in [5.41, 5.74) is -2.13. The van der Waals surface area contributed by atoms with Crippen LogP contribution in [0.1, 0.15) is 28.2 Å². The van der Waals surface area contributed by atoms with E-state index >= 15 is 0 Å². The van der Waals surface area contributed by atoms with E-state index in [1.54, 1.807) is 6.92 Å². The number of alkyl halides is 6. The number of morpholine rings is 1. The minimum atomic E-state index is -5.01. The summed E-state index contributed by atoms with van der Waals surface area (Å²) in [6.07, 6.45) is -9.64. The maximum atomic E-state index is 13.1. The molecule has 4 rings (SSSR count). The van der Waals surface area contributed by atoms with Crippen LogP contribution in [-0.2, 0) is 30.1 Å². The molecule has 0 aliphatic carbocycles. The van der Waals surface area contributed by atoms with Gasteiger partial charge in [-0.15, -0.1) is 0 Å². The normalized spacial score (nSPS) is 16.9. The summed E-state index contributed by atoms with van der Waals surface area (Å²) in [4.78, 5) is 25.1. The molecule has 1 saturated heterocycles. The molecule has 0 bridgehead atoms. The smallest absolute Gasteiger partial charge is 0.378 e. The third kappa shape index (κ3) is 5.18. The van der Waals surface area contributed by atoms with E-state index in [0.717, 1.165) is 5.69 Å². The third-order valence-corrected chi connectivity index (χ3v) is 5.59. The largest absolute Gasteiger partial charge is 0.416 e. The van der Waals surface area contributed by atoms with Crippen LogP contribution in [0.3, 0.4) is 0 Å². The van der Waals surface area contributed by atoms with Crippen LogP contribution in [0.15, 0.2) is 18.2 Å². The molecule has 1 aromatic carbocycles. The van der Waals surface area contributed by atoms with Crippen LogP contribution in [0, 0.1) is 6.92 Å². The van der Waals surface area contributed by atoms with Gasteiger partial charge >= 0.3 is 18.4 Å². The highest BCUT2D eigenvalue weighted by Crippen LogP contribution is 2.37. The predicted octanol–water partition coefficient (Wildman–Crippen LogP) is 4.25. The molecule has 2 aromatic rings. The van der Waals surface area contributed by atoms with Gasteiger partial charge in [-0.3, -0.25) is 0 Å². The Morgan fingerprint density at radius 3 is 2.18 bits per heavy atom. The fourth-order valence-electron chi connectivity index (χ4n) is 3.96. The van der Waals surface area contributed by atoms with Crippen LogP contribution >= 0.6 is 0 Å². The van der Waals surface area contributed by atoms with E-state index < -0.39 is 35.2 Å². The molecule has 0 atom stereocenters. The molecular weight excluding hydrogens is 468 g/mol. The van der Waals surface area contributed by atoms with E-state index in [0.29, 0.717) is 62.1 Å². The number of nitrogens with one attached hydrogen (secondary N) is 1. The first kappa shape index (κ1) is 24.0. The number of rotatable bonds is 2. The number of amides is 2. The second-order valence-electron chi connectivity index (χ2n) is 8.02. The second kappa shape index (κ2) is 8.93. The van der Waals surface area contributed by atoms with Gasteiger partial charge in [-0.25, -0.2) is 14.8 Å². The van der Waals surface area contributed by atoms with Crippen molar-refractivity contribution in [1.29, 1.82) is 0 Å². The van der Waals surface area contributed by atoms with Crippen molar-refractivity contribution in [3.63, 3.8) is 0 Å². The Hall–Kier alpha value is -3.09. The number of aromatic nitrogens is 2. The van der Waals surface area contributed by atoms with Crippen LogP contribution in [-0.4, -0.2) is 53.7 Å². The maximum absolute atomic E-state index is 13.1. The topological polar surface area (TPSA) is 70.6 Å². The Balaban J connectivity index is 1.58. The number of hydrogen-bond donors (Lipinski definition) is 1. The Bertz CT molecular complexity index is 1050. The van der Waals surface area contributed by atoms with Gasteiger partial charge in [0.05, 0.1) is 36.6 Å². The summed E-state index contributed by atoms with van der Waals surface area (Å²) in [6, 6.07) is 0.167. The average Bonchev–Trinajstić information content (AvgIpc) is 2.77. The summed E-state index contributed by atoms with van der Waals surface area (Å²) in [6.45, 7) is 4.24. The second-order valence-corrected chi connectivity index (χ2v) is 8.02. The quantitative estimate of drug-likeness (QED) is 0.639. The minimum Gasteiger partial charge on any atom is -0.378 e. The molecule has 3 heterocycles. The first-order chi connectivity index (χ1) is 15.9. The SMILES string of the molecule is Cc1nc2c(c(N3CCOCC3)n1)CN(C(=O)Nc1cc(C(F)(F)F)cc(C(F)(F)F)c1)CC2. The fraction of sp³-hybridized carbons (Fsp3) is 0.476. The van der Waals surface area contributed by atoms with Crippen LogP contribution in [0.5, 0.6) is 0 Å². The first-order valence-corrected chi connectivity index (χ1v) is 10.5. The summed E-state index contributed by atoms with van der Waals surface area (Å²) >= 11 is 0. The average molecular weight is 489 g/mol. The Labute approximate surface area is 190 Å². The maximum Gasteiger partial charge on any atom is 0.416 e. The third-order valence-electron chi connectivity index (χ3n) is 5.59. The highest BCUT2D eigenvalue weighted by atomic mass is 19.4. The molecule has 2 aliphatic rings. The zero-order chi connectivity index (χ0) is 24.7. The van der Waals surface area contributed by atoms with Crippen molar-refractivity contribution in [1.82, 2.24) is 14.9 Å². The molecule has 1 fully saturated rings. The molecule has 2 amide bonds. The van der Waals surface area contributed by atoms with Gasteiger partial charge in [-0.05, 0) is 25.1 Å². The number of urea groups is 1. The number of carbonyl (C=O) groups is 1. The number of aryl methyl sites for hydroxylation is 1. The van der Waals surface area contributed by atoms with Crippen molar-refractivity contribution in [3.8, 4) is 0 Å². The lowest BCUT2D eigenvalue weighted by Gasteiger charge is -2.34. The van der Waals surface area contributed by atoms with E-state index in [9.17, 15) is 31.1 Å². The highest BCUT2D eigenvalue weighted by Gasteiger charge is 2.37. The zero-order valence-electron chi connectivity index (χ0n) is 18.1. The molecule has 184 valence electrons. The molecule has 0 saturated carbocycles. The van der Waals surface area contributed by atoms with Crippen molar-refractivity contribution < 1.29 is 35.9 Å². The van der Waals surface area contributed by atoms with Gasteiger partial charge in [0.25, 0.3) is 0 Å². The van der Waals surface area contributed by atoms with Gasteiger partial charge in [0.15, 0.2) is 0 Å². The molecule has 1 aromatic heterocycles. The number of ether oxygens (including phenoxy) is 1. The zero-order valence-corrected chi connectivity index (χ0v) is 18.1. The van der Waals surface area contributed by atoms with Gasteiger partial charge in [0.2, 0.25) is 0 Å². The molecule has 0 spiro atoms. The number of hydrogen-bond acceptors (Lipinski definition) is 5. The lowest BCUT2D eigenvalue weighted by Crippen LogP contribution is -2.42. The van der Waals surface area contributed by atoms with Crippen LogP contribution in [0.2, 0.25) is 0 Å². The van der Waals surface area contributed by atoms with E-state index in [4.69, 9.17) is 4.74 Å². The van der Waals surface area contributed by atoms with E-state index in [-0.39, 0.29) is 19.2 Å². The van der Waals surface area contributed by atoms with Crippen LogP contribution in [0.25, 0.3) is 0 Å².